The molecule has 2 unspecified atom stereocenters. The molecule has 0 aromatic rings. The first-order valence-electron chi connectivity index (χ1n) is 7.69. The SMILES string of the molecule is COC(=O)C(C)(CCCOCC1CCCO1)NC1CC1. The lowest BCUT2D eigenvalue weighted by molar-refractivity contribution is -0.148. The molecular weight excluding hydrogens is 258 g/mol. The van der Waals surface area contributed by atoms with Gasteiger partial charge in [0.15, 0.2) is 0 Å². The molecule has 0 amide bonds. The average Bonchev–Trinajstić information content (AvgIpc) is 3.09. The van der Waals surface area contributed by atoms with Crippen molar-refractivity contribution in [3.63, 3.8) is 0 Å². The van der Waals surface area contributed by atoms with Crippen molar-refractivity contribution in [1.29, 1.82) is 0 Å². The Kier molecular flexibility index (Phi) is 5.81. The molecule has 20 heavy (non-hydrogen) atoms. The van der Waals surface area contributed by atoms with E-state index in [9.17, 15) is 4.79 Å². The number of hydrogen-bond donors (Lipinski definition) is 1. The van der Waals surface area contributed by atoms with E-state index < -0.39 is 5.54 Å². The van der Waals surface area contributed by atoms with E-state index in [2.05, 4.69) is 5.32 Å². The van der Waals surface area contributed by atoms with Gasteiger partial charge in [-0.1, -0.05) is 0 Å². The molecule has 0 aromatic carbocycles. The Balaban J connectivity index is 1.64. The monoisotopic (exact) mass is 285 g/mol. The van der Waals surface area contributed by atoms with Gasteiger partial charge in [-0.2, -0.15) is 0 Å². The first-order chi connectivity index (χ1) is 9.64. The number of hydrogen-bond acceptors (Lipinski definition) is 5. The Labute approximate surface area is 121 Å². The molecule has 1 saturated carbocycles. The molecule has 2 fully saturated rings. The largest absolute Gasteiger partial charge is 0.468 e. The predicted molar refractivity (Wildman–Crippen MR) is 75.6 cm³/mol. The number of methoxy groups -OCH3 is 1. The minimum Gasteiger partial charge on any atom is -0.468 e. The summed E-state index contributed by atoms with van der Waals surface area (Å²) in [7, 11) is 1.45. The maximum Gasteiger partial charge on any atom is 0.325 e. The zero-order chi connectivity index (χ0) is 14.4. The van der Waals surface area contributed by atoms with Crippen molar-refractivity contribution < 1.29 is 19.0 Å². The molecule has 1 N–H and O–H groups in total. The number of carbonyl (C=O) groups excluding carboxylic acids is 1. The molecule has 2 rings (SSSR count). The van der Waals surface area contributed by atoms with Crippen molar-refractivity contribution in [1.82, 2.24) is 5.32 Å². The summed E-state index contributed by atoms with van der Waals surface area (Å²) < 4.78 is 16.1. The van der Waals surface area contributed by atoms with Crippen molar-refractivity contribution >= 4 is 5.97 Å². The van der Waals surface area contributed by atoms with Crippen molar-refractivity contribution in [2.24, 2.45) is 0 Å². The van der Waals surface area contributed by atoms with E-state index in [1.165, 1.54) is 7.11 Å². The van der Waals surface area contributed by atoms with Gasteiger partial charge in [0.25, 0.3) is 0 Å². The summed E-state index contributed by atoms with van der Waals surface area (Å²) in [6.07, 6.45) is 6.40. The van der Waals surface area contributed by atoms with Crippen LogP contribution in [-0.4, -0.2) is 50.6 Å². The topological polar surface area (TPSA) is 56.8 Å². The van der Waals surface area contributed by atoms with Crippen LogP contribution in [0.3, 0.4) is 0 Å². The number of rotatable bonds is 9. The Morgan fingerprint density at radius 1 is 1.40 bits per heavy atom. The van der Waals surface area contributed by atoms with E-state index in [0.29, 0.717) is 19.3 Å². The van der Waals surface area contributed by atoms with Crippen molar-refractivity contribution in [2.45, 2.75) is 63.1 Å². The van der Waals surface area contributed by atoms with Gasteiger partial charge in [-0.15, -0.1) is 0 Å². The molecule has 1 aliphatic heterocycles. The highest BCUT2D eigenvalue weighted by atomic mass is 16.5. The molecule has 1 aliphatic carbocycles. The molecule has 5 heteroatoms. The lowest BCUT2D eigenvalue weighted by Crippen LogP contribution is -2.51. The molecule has 0 radical (unpaired) electrons. The molecule has 0 aromatic heterocycles. The van der Waals surface area contributed by atoms with Crippen LogP contribution in [0.4, 0.5) is 0 Å². The van der Waals surface area contributed by atoms with Crippen LogP contribution in [0.15, 0.2) is 0 Å². The summed E-state index contributed by atoms with van der Waals surface area (Å²) in [4.78, 5) is 11.9. The zero-order valence-electron chi connectivity index (χ0n) is 12.7. The van der Waals surface area contributed by atoms with Crippen LogP contribution < -0.4 is 5.32 Å². The Hall–Kier alpha value is -0.650. The lowest BCUT2D eigenvalue weighted by Gasteiger charge is -2.28. The highest BCUT2D eigenvalue weighted by molar-refractivity contribution is 5.80. The molecule has 5 nitrogen and oxygen atoms in total. The van der Waals surface area contributed by atoms with E-state index in [4.69, 9.17) is 14.2 Å². The fraction of sp³-hybridized carbons (Fsp3) is 0.933. The van der Waals surface area contributed by atoms with Crippen molar-refractivity contribution in [3.05, 3.63) is 0 Å². The highest BCUT2D eigenvalue weighted by Crippen LogP contribution is 2.25. The highest BCUT2D eigenvalue weighted by Gasteiger charge is 2.38. The number of ether oxygens (including phenoxy) is 3. The standard InChI is InChI=1S/C15H27NO4/c1-15(14(17)18-2,16-12-6-7-12)8-4-9-19-11-13-5-3-10-20-13/h12-13,16H,3-11H2,1-2H3. The first kappa shape index (κ1) is 15.7. The molecule has 1 saturated heterocycles. The number of carbonyl (C=O) groups is 1. The second kappa shape index (κ2) is 7.38. The summed E-state index contributed by atoms with van der Waals surface area (Å²) in [5, 5.41) is 3.40. The second-order valence-corrected chi connectivity index (χ2v) is 6.06. The molecular formula is C15H27NO4. The van der Waals surface area contributed by atoms with Crippen LogP contribution in [0, 0.1) is 0 Å². The molecule has 2 atom stereocenters. The Morgan fingerprint density at radius 2 is 2.20 bits per heavy atom. The van der Waals surface area contributed by atoms with Crippen LogP contribution in [0.25, 0.3) is 0 Å². The minimum absolute atomic E-state index is 0.177. The fourth-order valence-corrected chi connectivity index (χ4v) is 2.65. The first-order valence-corrected chi connectivity index (χ1v) is 7.69. The number of nitrogens with one attached hydrogen (secondary N) is 1. The number of esters is 1. The van der Waals surface area contributed by atoms with Gasteiger partial charge in [0.1, 0.15) is 5.54 Å². The molecule has 2 aliphatic rings. The molecule has 1 heterocycles. The third-order valence-corrected chi connectivity index (χ3v) is 4.03. The van der Waals surface area contributed by atoms with Crippen LogP contribution in [-0.2, 0) is 19.0 Å². The van der Waals surface area contributed by atoms with Gasteiger partial charge in [0.05, 0.1) is 19.8 Å². The van der Waals surface area contributed by atoms with E-state index in [1.54, 1.807) is 0 Å². The third kappa shape index (κ3) is 4.72. The van der Waals surface area contributed by atoms with E-state index in [0.717, 1.165) is 45.1 Å². The van der Waals surface area contributed by atoms with Crippen molar-refractivity contribution in [3.8, 4) is 0 Å². The van der Waals surface area contributed by atoms with Gasteiger partial charge in [0, 0.05) is 19.3 Å². The van der Waals surface area contributed by atoms with Gasteiger partial charge in [-0.05, 0) is 45.4 Å². The van der Waals surface area contributed by atoms with Crippen LogP contribution in [0.2, 0.25) is 0 Å². The Bertz CT molecular complexity index is 313. The maximum atomic E-state index is 11.9. The fourth-order valence-electron chi connectivity index (χ4n) is 2.65. The third-order valence-electron chi connectivity index (χ3n) is 4.03. The summed E-state index contributed by atoms with van der Waals surface area (Å²) >= 11 is 0. The van der Waals surface area contributed by atoms with E-state index in [1.807, 2.05) is 6.92 Å². The second-order valence-electron chi connectivity index (χ2n) is 6.06. The summed E-state index contributed by atoms with van der Waals surface area (Å²) in [6.45, 7) is 4.13. The molecule has 116 valence electrons. The van der Waals surface area contributed by atoms with Crippen LogP contribution >= 0.6 is 0 Å². The maximum absolute atomic E-state index is 11.9. The normalized spacial score (nSPS) is 25.4. The smallest absolute Gasteiger partial charge is 0.325 e. The quantitative estimate of drug-likeness (QED) is 0.515. The van der Waals surface area contributed by atoms with E-state index >= 15 is 0 Å². The van der Waals surface area contributed by atoms with Crippen molar-refractivity contribution in [2.75, 3.05) is 26.9 Å². The van der Waals surface area contributed by atoms with E-state index in [-0.39, 0.29) is 12.1 Å². The van der Waals surface area contributed by atoms with Gasteiger partial charge in [0.2, 0.25) is 0 Å². The summed E-state index contributed by atoms with van der Waals surface area (Å²) in [6, 6.07) is 0.479. The molecule has 0 spiro atoms. The summed E-state index contributed by atoms with van der Waals surface area (Å²) in [5.74, 6) is -0.177. The van der Waals surface area contributed by atoms with Gasteiger partial charge in [-0.25, -0.2) is 0 Å². The van der Waals surface area contributed by atoms with Gasteiger partial charge < -0.3 is 14.2 Å². The predicted octanol–water partition coefficient (Wildman–Crippen LogP) is 1.65. The zero-order valence-corrected chi connectivity index (χ0v) is 12.7. The lowest BCUT2D eigenvalue weighted by atomic mass is 9.96. The summed E-state index contributed by atoms with van der Waals surface area (Å²) in [5.41, 5.74) is -0.580. The Morgan fingerprint density at radius 3 is 2.80 bits per heavy atom. The van der Waals surface area contributed by atoms with Crippen LogP contribution in [0.5, 0.6) is 0 Å². The van der Waals surface area contributed by atoms with Crippen LogP contribution in [0.1, 0.15) is 45.4 Å². The van der Waals surface area contributed by atoms with Gasteiger partial charge in [-0.3, -0.25) is 10.1 Å². The molecule has 0 bridgehead atoms. The minimum atomic E-state index is -0.580. The average molecular weight is 285 g/mol. The van der Waals surface area contributed by atoms with Gasteiger partial charge >= 0.3 is 5.97 Å².